The molecule has 1 fully saturated rings. The van der Waals surface area contributed by atoms with Gasteiger partial charge in [0.15, 0.2) is 0 Å². The fraction of sp³-hybridized carbons (Fsp3) is 0.421. The van der Waals surface area contributed by atoms with Crippen LogP contribution in [0.1, 0.15) is 40.0 Å². The Morgan fingerprint density at radius 2 is 1.48 bits per heavy atom. The van der Waals surface area contributed by atoms with E-state index in [0.29, 0.717) is 43.7 Å². The van der Waals surface area contributed by atoms with Gasteiger partial charge in [0, 0.05) is 39.1 Å². The zero-order valence-electron chi connectivity index (χ0n) is 14.9. The van der Waals surface area contributed by atoms with Gasteiger partial charge in [0.25, 0.3) is 11.8 Å². The van der Waals surface area contributed by atoms with E-state index in [-0.39, 0.29) is 43.0 Å². The van der Waals surface area contributed by atoms with Crippen molar-refractivity contribution in [3.63, 3.8) is 0 Å². The van der Waals surface area contributed by atoms with Gasteiger partial charge >= 0.3 is 0 Å². The van der Waals surface area contributed by atoms with Gasteiger partial charge in [-0.3, -0.25) is 24.1 Å². The van der Waals surface area contributed by atoms with Crippen LogP contribution in [0.25, 0.3) is 0 Å². The number of rotatable bonds is 4. The van der Waals surface area contributed by atoms with Crippen molar-refractivity contribution >= 4 is 23.6 Å². The molecule has 0 spiro atoms. The predicted octanol–water partition coefficient (Wildman–Crippen LogP) is 0.647. The predicted molar refractivity (Wildman–Crippen MR) is 94.4 cm³/mol. The van der Waals surface area contributed by atoms with Crippen molar-refractivity contribution < 1.29 is 19.2 Å². The number of hydrogen-bond acceptors (Lipinski definition) is 5. The number of hydrogen-bond donors (Lipinski definition) is 0. The Balaban J connectivity index is 1.54. The van der Waals surface area contributed by atoms with E-state index < -0.39 is 0 Å². The first-order chi connectivity index (χ1) is 13.0. The highest BCUT2D eigenvalue weighted by Crippen LogP contribution is 2.22. The minimum atomic E-state index is -0.368. The molecule has 1 aromatic carbocycles. The lowest BCUT2D eigenvalue weighted by Gasteiger charge is -2.22. The van der Waals surface area contributed by atoms with Crippen LogP contribution < -0.4 is 0 Å². The van der Waals surface area contributed by atoms with Crippen molar-refractivity contribution in [3.05, 3.63) is 35.4 Å². The normalized spacial score (nSPS) is 16.8. The molecule has 0 aromatic heterocycles. The second kappa shape index (κ2) is 7.99. The topological polar surface area (TPSA) is 102 Å². The van der Waals surface area contributed by atoms with Crippen LogP contribution in [0.15, 0.2) is 24.3 Å². The van der Waals surface area contributed by atoms with Gasteiger partial charge in [0.05, 0.1) is 17.2 Å². The van der Waals surface area contributed by atoms with Crippen LogP contribution in [-0.2, 0) is 9.59 Å². The molecule has 1 aromatic rings. The molecule has 0 unspecified atom stereocenters. The molecule has 0 bridgehead atoms. The molecule has 2 aliphatic rings. The molecule has 3 rings (SSSR count). The van der Waals surface area contributed by atoms with E-state index in [4.69, 9.17) is 5.26 Å². The smallest absolute Gasteiger partial charge is 0.261 e. The summed E-state index contributed by atoms with van der Waals surface area (Å²) in [6.45, 7) is 1.84. The van der Waals surface area contributed by atoms with Gasteiger partial charge < -0.3 is 9.80 Å². The Labute approximate surface area is 156 Å². The summed E-state index contributed by atoms with van der Waals surface area (Å²) in [5.74, 6) is -1.11. The number of carbonyl (C=O) groups excluding carboxylic acids is 4. The molecule has 0 aliphatic carbocycles. The van der Waals surface area contributed by atoms with Crippen LogP contribution in [0.4, 0.5) is 0 Å². The lowest BCUT2D eigenvalue weighted by molar-refractivity contribution is -0.133. The number of benzene rings is 1. The standard InChI is InChI=1S/C19H20N4O4/c20-8-6-16(24)21-9-3-10-22(13-12-21)17(25)7-11-23-18(26)14-4-1-2-5-15(14)19(23)27/h1-2,4-5H,3,6-7,9-13H2. The maximum Gasteiger partial charge on any atom is 0.261 e. The number of fused-ring (bicyclic) bond motifs is 1. The van der Waals surface area contributed by atoms with Crippen LogP contribution in [0.3, 0.4) is 0 Å². The summed E-state index contributed by atoms with van der Waals surface area (Å²) in [5, 5.41) is 8.64. The van der Waals surface area contributed by atoms with E-state index in [1.807, 2.05) is 6.07 Å². The quantitative estimate of drug-likeness (QED) is 0.726. The molecule has 1 saturated heterocycles. The van der Waals surface area contributed by atoms with Gasteiger partial charge in [0.1, 0.15) is 6.42 Å². The third kappa shape index (κ3) is 3.82. The Kier molecular flexibility index (Phi) is 5.50. The molecule has 8 heteroatoms. The molecule has 8 nitrogen and oxygen atoms in total. The highest BCUT2D eigenvalue weighted by Gasteiger charge is 2.35. The van der Waals surface area contributed by atoms with Gasteiger partial charge in [-0.2, -0.15) is 5.26 Å². The molecule has 0 saturated carbocycles. The Morgan fingerprint density at radius 3 is 2.04 bits per heavy atom. The molecular formula is C19H20N4O4. The maximum absolute atomic E-state index is 12.5. The summed E-state index contributed by atoms with van der Waals surface area (Å²) >= 11 is 0. The zero-order valence-corrected chi connectivity index (χ0v) is 14.9. The summed E-state index contributed by atoms with van der Waals surface area (Å²) in [6, 6.07) is 8.47. The third-order valence-electron chi connectivity index (χ3n) is 4.86. The van der Waals surface area contributed by atoms with Crippen LogP contribution in [0.5, 0.6) is 0 Å². The number of imide groups is 1. The van der Waals surface area contributed by atoms with Gasteiger partial charge in [0.2, 0.25) is 11.8 Å². The summed E-state index contributed by atoms with van der Waals surface area (Å²) in [7, 11) is 0. The number of nitriles is 1. The van der Waals surface area contributed by atoms with Crippen molar-refractivity contribution in [1.82, 2.24) is 14.7 Å². The van der Waals surface area contributed by atoms with Gasteiger partial charge in [-0.15, -0.1) is 0 Å². The Hall–Kier alpha value is -3.21. The maximum atomic E-state index is 12.5. The second-order valence-corrected chi connectivity index (χ2v) is 6.51. The molecule has 140 valence electrons. The highest BCUT2D eigenvalue weighted by atomic mass is 16.2. The molecular weight excluding hydrogens is 348 g/mol. The van der Waals surface area contributed by atoms with Crippen molar-refractivity contribution in [1.29, 1.82) is 5.26 Å². The number of amides is 4. The van der Waals surface area contributed by atoms with Gasteiger partial charge in [-0.1, -0.05) is 12.1 Å². The van der Waals surface area contributed by atoms with Gasteiger partial charge in [-0.25, -0.2) is 0 Å². The van der Waals surface area contributed by atoms with E-state index in [2.05, 4.69) is 0 Å². The first kappa shape index (κ1) is 18.6. The monoisotopic (exact) mass is 368 g/mol. The minimum Gasteiger partial charge on any atom is -0.341 e. The molecule has 0 radical (unpaired) electrons. The van der Waals surface area contributed by atoms with Crippen LogP contribution >= 0.6 is 0 Å². The van der Waals surface area contributed by atoms with Crippen LogP contribution in [-0.4, -0.2) is 71.1 Å². The van der Waals surface area contributed by atoms with Crippen LogP contribution in [0, 0.1) is 11.3 Å². The van der Waals surface area contributed by atoms with E-state index in [0.717, 1.165) is 4.90 Å². The molecule has 2 aliphatic heterocycles. The van der Waals surface area contributed by atoms with E-state index in [1.165, 1.54) is 0 Å². The summed E-state index contributed by atoms with van der Waals surface area (Å²) in [4.78, 5) is 53.4. The van der Waals surface area contributed by atoms with Crippen molar-refractivity contribution in [3.8, 4) is 6.07 Å². The first-order valence-corrected chi connectivity index (χ1v) is 8.90. The average Bonchev–Trinajstić information content (AvgIpc) is 2.85. The third-order valence-corrected chi connectivity index (χ3v) is 4.86. The van der Waals surface area contributed by atoms with Crippen molar-refractivity contribution in [2.45, 2.75) is 19.3 Å². The molecule has 0 atom stereocenters. The van der Waals surface area contributed by atoms with Crippen molar-refractivity contribution in [2.75, 3.05) is 32.7 Å². The lowest BCUT2D eigenvalue weighted by Crippen LogP contribution is -2.39. The summed E-state index contributed by atoms with van der Waals surface area (Å²) in [5.41, 5.74) is 0.743. The van der Waals surface area contributed by atoms with Crippen LogP contribution in [0.2, 0.25) is 0 Å². The first-order valence-electron chi connectivity index (χ1n) is 8.90. The molecule has 4 amide bonds. The average molecular weight is 368 g/mol. The largest absolute Gasteiger partial charge is 0.341 e. The highest BCUT2D eigenvalue weighted by molar-refractivity contribution is 6.21. The zero-order chi connectivity index (χ0) is 19.4. The number of nitrogens with zero attached hydrogens (tertiary/aromatic N) is 4. The van der Waals surface area contributed by atoms with E-state index in [1.54, 1.807) is 34.1 Å². The van der Waals surface area contributed by atoms with Gasteiger partial charge in [-0.05, 0) is 18.6 Å². The molecule has 2 heterocycles. The summed E-state index contributed by atoms with van der Waals surface area (Å²) < 4.78 is 0. The Morgan fingerprint density at radius 1 is 0.926 bits per heavy atom. The Bertz CT molecular complexity index is 794. The van der Waals surface area contributed by atoms with E-state index >= 15 is 0 Å². The molecule has 0 N–H and O–H groups in total. The second-order valence-electron chi connectivity index (χ2n) is 6.51. The lowest BCUT2D eigenvalue weighted by atomic mass is 10.1. The number of carbonyl (C=O) groups is 4. The minimum absolute atomic E-state index is 0.0404. The van der Waals surface area contributed by atoms with E-state index in [9.17, 15) is 19.2 Å². The fourth-order valence-corrected chi connectivity index (χ4v) is 3.40. The summed E-state index contributed by atoms with van der Waals surface area (Å²) in [6.07, 6.45) is 0.529. The fourth-order valence-electron chi connectivity index (χ4n) is 3.40. The SMILES string of the molecule is N#CCC(=O)N1CCCN(C(=O)CCN2C(=O)c3ccccc3C2=O)CC1. The molecule has 27 heavy (non-hydrogen) atoms. The van der Waals surface area contributed by atoms with Crippen molar-refractivity contribution in [2.24, 2.45) is 0 Å².